The summed E-state index contributed by atoms with van der Waals surface area (Å²) in [6.07, 6.45) is 2.45. The molecule has 2 heterocycles. The van der Waals surface area contributed by atoms with Crippen LogP contribution in [0.1, 0.15) is 10.6 Å². The van der Waals surface area contributed by atoms with E-state index in [0.29, 0.717) is 28.1 Å². The summed E-state index contributed by atoms with van der Waals surface area (Å²) in [4.78, 5) is 26.7. The third-order valence-electron chi connectivity index (χ3n) is 3.36. The fourth-order valence-corrected chi connectivity index (χ4v) is 3.01. The van der Waals surface area contributed by atoms with E-state index in [1.54, 1.807) is 6.92 Å². The van der Waals surface area contributed by atoms with Crippen molar-refractivity contribution in [2.75, 3.05) is 11.9 Å². The number of H-pyrrole nitrogens is 1. The number of rotatable bonds is 4. The second-order valence-corrected chi connectivity index (χ2v) is 6.71. The zero-order valence-electron chi connectivity index (χ0n) is 12.7. The van der Waals surface area contributed by atoms with Crippen LogP contribution in [0.4, 0.5) is 5.13 Å². The molecule has 2 aromatic heterocycles. The van der Waals surface area contributed by atoms with Gasteiger partial charge in [0.05, 0.1) is 0 Å². The Morgan fingerprint density at radius 2 is 2.12 bits per heavy atom. The molecule has 0 spiro atoms. The molecule has 9 heteroatoms. The summed E-state index contributed by atoms with van der Waals surface area (Å²) in [6, 6.07) is 5.58. The van der Waals surface area contributed by atoms with Gasteiger partial charge in [-0.05, 0) is 37.1 Å². The number of nitrogens with one attached hydrogen (secondary N) is 3. The van der Waals surface area contributed by atoms with E-state index in [4.69, 9.17) is 11.6 Å². The standard InChI is InChI=1S/C15H14ClN5O2S/c1-8-20-21-15(24-8)19-14(23)13(22)17-5-4-9-7-18-12-3-2-10(16)6-11(9)12/h2-3,6-7,18H,4-5H2,1H3,(H,17,22)(H,19,21,23). The van der Waals surface area contributed by atoms with Crippen molar-refractivity contribution in [2.24, 2.45) is 0 Å². The molecule has 2 amide bonds. The first-order valence-electron chi connectivity index (χ1n) is 7.18. The van der Waals surface area contributed by atoms with Crippen molar-refractivity contribution in [3.63, 3.8) is 0 Å². The second kappa shape index (κ2) is 6.98. The molecule has 0 aliphatic heterocycles. The van der Waals surface area contributed by atoms with Gasteiger partial charge in [0.1, 0.15) is 5.01 Å². The first-order valence-corrected chi connectivity index (χ1v) is 8.37. The Labute approximate surface area is 146 Å². The normalized spacial score (nSPS) is 10.8. The van der Waals surface area contributed by atoms with Gasteiger partial charge in [-0.2, -0.15) is 0 Å². The molecule has 0 bridgehead atoms. The van der Waals surface area contributed by atoms with E-state index in [-0.39, 0.29) is 0 Å². The zero-order chi connectivity index (χ0) is 17.1. The molecule has 3 rings (SSSR count). The molecule has 24 heavy (non-hydrogen) atoms. The Balaban J connectivity index is 1.54. The lowest BCUT2D eigenvalue weighted by Crippen LogP contribution is -2.36. The maximum absolute atomic E-state index is 11.8. The third-order valence-corrected chi connectivity index (χ3v) is 4.35. The van der Waals surface area contributed by atoms with E-state index in [9.17, 15) is 9.59 Å². The van der Waals surface area contributed by atoms with Crippen LogP contribution < -0.4 is 10.6 Å². The number of nitrogens with zero attached hydrogens (tertiary/aromatic N) is 2. The molecule has 0 radical (unpaired) electrons. The van der Waals surface area contributed by atoms with Crippen LogP contribution in [0.2, 0.25) is 5.02 Å². The summed E-state index contributed by atoms with van der Waals surface area (Å²) in [6.45, 7) is 2.10. The molecule has 0 fully saturated rings. The van der Waals surface area contributed by atoms with Crippen LogP contribution in [-0.4, -0.2) is 33.5 Å². The molecule has 1 aromatic carbocycles. The summed E-state index contributed by atoms with van der Waals surface area (Å²) in [5.74, 6) is -1.46. The highest BCUT2D eigenvalue weighted by Gasteiger charge is 2.15. The summed E-state index contributed by atoms with van der Waals surface area (Å²) in [5, 5.41) is 15.2. The van der Waals surface area contributed by atoms with Gasteiger partial charge in [0, 0.05) is 28.7 Å². The van der Waals surface area contributed by atoms with Gasteiger partial charge >= 0.3 is 11.8 Å². The topological polar surface area (TPSA) is 99.8 Å². The van der Waals surface area contributed by atoms with Gasteiger partial charge < -0.3 is 10.3 Å². The number of hydrogen-bond donors (Lipinski definition) is 3. The average Bonchev–Trinajstić information content (AvgIpc) is 3.13. The third kappa shape index (κ3) is 3.72. The summed E-state index contributed by atoms with van der Waals surface area (Å²) in [5.41, 5.74) is 2.00. The Morgan fingerprint density at radius 1 is 1.29 bits per heavy atom. The molecular formula is C15H14ClN5O2S. The number of anilines is 1. The Hall–Kier alpha value is -2.45. The van der Waals surface area contributed by atoms with Crippen molar-refractivity contribution in [3.8, 4) is 0 Å². The highest BCUT2D eigenvalue weighted by atomic mass is 35.5. The average molecular weight is 364 g/mol. The number of aryl methyl sites for hydroxylation is 1. The fourth-order valence-electron chi connectivity index (χ4n) is 2.25. The van der Waals surface area contributed by atoms with Crippen molar-refractivity contribution >= 4 is 50.8 Å². The minimum Gasteiger partial charge on any atom is -0.361 e. The monoisotopic (exact) mass is 363 g/mol. The van der Waals surface area contributed by atoms with Crippen LogP contribution in [0.15, 0.2) is 24.4 Å². The molecule has 0 saturated heterocycles. The van der Waals surface area contributed by atoms with Gasteiger partial charge in [0.25, 0.3) is 0 Å². The van der Waals surface area contributed by atoms with Gasteiger partial charge in [-0.25, -0.2) is 0 Å². The zero-order valence-corrected chi connectivity index (χ0v) is 14.3. The van der Waals surface area contributed by atoms with Crippen LogP contribution in [0.5, 0.6) is 0 Å². The minimum absolute atomic E-state index is 0.305. The van der Waals surface area contributed by atoms with Crippen molar-refractivity contribution in [3.05, 3.63) is 40.0 Å². The fraction of sp³-hybridized carbons (Fsp3) is 0.200. The van der Waals surface area contributed by atoms with E-state index < -0.39 is 11.8 Å². The van der Waals surface area contributed by atoms with Crippen LogP contribution in [0.3, 0.4) is 0 Å². The number of amides is 2. The number of carbonyl (C=O) groups excluding carboxylic acids is 2. The van der Waals surface area contributed by atoms with Gasteiger partial charge in [-0.3, -0.25) is 14.9 Å². The van der Waals surface area contributed by atoms with Crippen molar-refractivity contribution in [1.82, 2.24) is 20.5 Å². The maximum atomic E-state index is 11.8. The van der Waals surface area contributed by atoms with Crippen LogP contribution in [0, 0.1) is 6.92 Å². The number of aromatic nitrogens is 3. The first kappa shape index (κ1) is 16.4. The first-order chi connectivity index (χ1) is 11.5. The molecule has 3 aromatic rings. The molecule has 124 valence electrons. The Kier molecular flexibility index (Phi) is 4.77. The number of carbonyl (C=O) groups is 2. The quantitative estimate of drug-likeness (QED) is 0.619. The van der Waals surface area contributed by atoms with Gasteiger partial charge in [-0.15, -0.1) is 10.2 Å². The Morgan fingerprint density at radius 3 is 2.88 bits per heavy atom. The molecule has 7 nitrogen and oxygen atoms in total. The largest absolute Gasteiger partial charge is 0.361 e. The van der Waals surface area contributed by atoms with Crippen molar-refractivity contribution < 1.29 is 9.59 Å². The van der Waals surface area contributed by atoms with Crippen LogP contribution in [0.25, 0.3) is 10.9 Å². The van der Waals surface area contributed by atoms with E-state index in [2.05, 4.69) is 25.8 Å². The number of aromatic amines is 1. The molecule has 0 aliphatic rings. The molecular weight excluding hydrogens is 350 g/mol. The van der Waals surface area contributed by atoms with Gasteiger partial charge in [-0.1, -0.05) is 22.9 Å². The smallest absolute Gasteiger partial charge is 0.315 e. The van der Waals surface area contributed by atoms with E-state index in [1.165, 1.54) is 11.3 Å². The summed E-state index contributed by atoms with van der Waals surface area (Å²) in [7, 11) is 0. The molecule has 3 N–H and O–H groups in total. The number of hydrogen-bond acceptors (Lipinski definition) is 5. The predicted octanol–water partition coefficient (Wildman–Crippen LogP) is 2.28. The molecule has 0 aliphatic carbocycles. The van der Waals surface area contributed by atoms with Crippen molar-refractivity contribution in [2.45, 2.75) is 13.3 Å². The van der Waals surface area contributed by atoms with Crippen LogP contribution >= 0.6 is 22.9 Å². The molecule has 0 saturated carbocycles. The second-order valence-electron chi connectivity index (χ2n) is 5.09. The summed E-state index contributed by atoms with van der Waals surface area (Å²) < 4.78 is 0. The van der Waals surface area contributed by atoms with E-state index in [0.717, 1.165) is 16.5 Å². The number of halogens is 1. The summed E-state index contributed by atoms with van der Waals surface area (Å²) >= 11 is 7.21. The van der Waals surface area contributed by atoms with E-state index in [1.807, 2.05) is 24.4 Å². The maximum Gasteiger partial charge on any atom is 0.315 e. The number of benzene rings is 1. The Bertz CT molecular complexity index is 904. The molecule has 0 unspecified atom stereocenters. The lowest BCUT2D eigenvalue weighted by molar-refractivity contribution is -0.136. The number of fused-ring (bicyclic) bond motifs is 1. The van der Waals surface area contributed by atoms with Crippen LogP contribution in [-0.2, 0) is 16.0 Å². The highest BCUT2D eigenvalue weighted by Crippen LogP contribution is 2.22. The predicted molar refractivity (Wildman–Crippen MR) is 93.3 cm³/mol. The minimum atomic E-state index is -0.756. The highest BCUT2D eigenvalue weighted by molar-refractivity contribution is 7.15. The van der Waals surface area contributed by atoms with E-state index >= 15 is 0 Å². The molecule has 0 atom stereocenters. The SMILES string of the molecule is Cc1nnc(NC(=O)C(=O)NCCc2c[nH]c3ccc(Cl)cc23)s1. The van der Waals surface area contributed by atoms with Gasteiger partial charge in [0.15, 0.2) is 0 Å². The van der Waals surface area contributed by atoms with Gasteiger partial charge in [0.2, 0.25) is 5.13 Å². The van der Waals surface area contributed by atoms with Crippen molar-refractivity contribution in [1.29, 1.82) is 0 Å². The lowest BCUT2D eigenvalue weighted by Gasteiger charge is -2.04. The lowest BCUT2D eigenvalue weighted by atomic mass is 10.1.